The molecule has 0 atom stereocenters. The maximum absolute atomic E-state index is 12.7. The molecule has 9 nitrogen and oxygen atoms in total. The van der Waals surface area contributed by atoms with Crippen molar-refractivity contribution in [2.45, 2.75) is 19.3 Å². The van der Waals surface area contributed by atoms with Crippen LogP contribution in [0.15, 0.2) is 30.5 Å². The Bertz CT molecular complexity index is 839. The number of rotatable bonds is 3. The van der Waals surface area contributed by atoms with E-state index in [4.69, 9.17) is 0 Å². The Labute approximate surface area is 162 Å². The van der Waals surface area contributed by atoms with Crippen LogP contribution in [0.5, 0.6) is 0 Å². The van der Waals surface area contributed by atoms with Crippen molar-refractivity contribution in [3.8, 4) is 5.69 Å². The molecule has 0 bridgehead atoms. The third-order valence-electron chi connectivity index (χ3n) is 5.46. The van der Waals surface area contributed by atoms with Gasteiger partial charge in [0.25, 0.3) is 11.6 Å². The van der Waals surface area contributed by atoms with Crippen LogP contribution in [0.1, 0.15) is 29.8 Å². The van der Waals surface area contributed by atoms with Gasteiger partial charge in [-0.2, -0.15) is 0 Å². The van der Waals surface area contributed by atoms with E-state index in [0.29, 0.717) is 11.1 Å². The fourth-order valence-electron chi connectivity index (χ4n) is 3.81. The van der Waals surface area contributed by atoms with Gasteiger partial charge in [0.1, 0.15) is 0 Å². The van der Waals surface area contributed by atoms with Crippen molar-refractivity contribution < 1.29 is 9.72 Å². The Morgan fingerprint density at radius 1 is 1.26 bits per heavy atom. The van der Waals surface area contributed by atoms with Crippen LogP contribution in [0.25, 0.3) is 5.69 Å². The zero-order chi connectivity index (χ0) is 18.1. The molecule has 2 aliphatic heterocycles. The molecule has 2 aromatic rings. The van der Waals surface area contributed by atoms with Crippen molar-refractivity contribution in [3.63, 3.8) is 0 Å². The molecule has 144 valence electrons. The number of benzene rings is 1. The van der Waals surface area contributed by atoms with Crippen LogP contribution in [-0.2, 0) is 0 Å². The van der Waals surface area contributed by atoms with Gasteiger partial charge in [0.15, 0.2) is 5.69 Å². The van der Waals surface area contributed by atoms with E-state index in [1.54, 1.807) is 12.1 Å². The number of halogens is 1. The summed E-state index contributed by atoms with van der Waals surface area (Å²) < 4.78 is 1.40. The van der Waals surface area contributed by atoms with Gasteiger partial charge in [-0.1, -0.05) is 11.3 Å². The third-order valence-corrected chi connectivity index (χ3v) is 5.46. The zero-order valence-electron chi connectivity index (χ0n) is 14.7. The van der Waals surface area contributed by atoms with E-state index in [-0.39, 0.29) is 29.7 Å². The van der Waals surface area contributed by atoms with Gasteiger partial charge >= 0.3 is 0 Å². The fraction of sp³-hybridized carbons (Fsp3) is 0.471. The van der Waals surface area contributed by atoms with Crippen LogP contribution in [-0.4, -0.2) is 56.9 Å². The average molecular weight is 393 g/mol. The first kappa shape index (κ1) is 19.2. The number of carbonyl (C=O) groups is 1. The van der Waals surface area contributed by atoms with Crippen LogP contribution >= 0.6 is 12.4 Å². The SMILES string of the molecule is Cl.O=C(c1cn(-c2cccc([N+](=O)[O-])c2)nn1)N1CCC2(CCNC2)CC1. The molecule has 0 unspecified atom stereocenters. The van der Waals surface area contributed by atoms with E-state index in [1.807, 2.05) is 4.90 Å². The average Bonchev–Trinajstić information content (AvgIpc) is 3.32. The van der Waals surface area contributed by atoms with Gasteiger partial charge in [-0.05, 0) is 37.3 Å². The highest BCUT2D eigenvalue weighted by molar-refractivity contribution is 5.92. The maximum atomic E-state index is 12.7. The number of hydrogen-bond acceptors (Lipinski definition) is 6. The number of likely N-dealkylation sites (tertiary alicyclic amines) is 1. The number of nitrogens with one attached hydrogen (secondary N) is 1. The van der Waals surface area contributed by atoms with Crippen molar-refractivity contribution >= 4 is 24.0 Å². The van der Waals surface area contributed by atoms with E-state index >= 15 is 0 Å². The molecule has 1 spiro atoms. The number of carbonyl (C=O) groups excluding carboxylic acids is 1. The third kappa shape index (κ3) is 3.79. The number of non-ortho nitro benzene ring substituents is 1. The minimum Gasteiger partial charge on any atom is -0.337 e. The summed E-state index contributed by atoms with van der Waals surface area (Å²) in [4.78, 5) is 25.0. The predicted molar refractivity (Wildman–Crippen MR) is 100 cm³/mol. The van der Waals surface area contributed by atoms with Crippen LogP contribution in [0.4, 0.5) is 5.69 Å². The topological polar surface area (TPSA) is 106 Å². The van der Waals surface area contributed by atoms with Gasteiger partial charge in [-0.25, -0.2) is 4.68 Å². The molecule has 0 aliphatic carbocycles. The normalized spacial score (nSPS) is 18.3. The molecular formula is C17H21ClN6O3. The van der Waals surface area contributed by atoms with Crippen molar-refractivity contribution in [3.05, 3.63) is 46.3 Å². The first-order valence-electron chi connectivity index (χ1n) is 8.74. The van der Waals surface area contributed by atoms with Crippen molar-refractivity contribution in [2.75, 3.05) is 26.2 Å². The number of piperidine rings is 1. The summed E-state index contributed by atoms with van der Waals surface area (Å²) in [7, 11) is 0. The van der Waals surface area contributed by atoms with E-state index < -0.39 is 4.92 Å². The Kier molecular flexibility index (Phi) is 5.43. The van der Waals surface area contributed by atoms with Gasteiger partial charge < -0.3 is 10.2 Å². The van der Waals surface area contributed by atoms with Crippen LogP contribution < -0.4 is 5.32 Å². The summed E-state index contributed by atoms with van der Waals surface area (Å²) in [5, 5.41) is 22.3. The van der Waals surface area contributed by atoms with Crippen LogP contribution in [0.3, 0.4) is 0 Å². The highest BCUT2D eigenvalue weighted by atomic mass is 35.5. The zero-order valence-corrected chi connectivity index (χ0v) is 15.5. The lowest BCUT2D eigenvalue weighted by Crippen LogP contribution is -2.44. The van der Waals surface area contributed by atoms with Crippen LogP contribution in [0, 0.1) is 15.5 Å². The van der Waals surface area contributed by atoms with Gasteiger partial charge in [0.2, 0.25) is 0 Å². The lowest BCUT2D eigenvalue weighted by atomic mass is 9.78. The minimum atomic E-state index is -0.464. The molecule has 3 heterocycles. The monoisotopic (exact) mass is 392 g/mol. The summed E-state index contributed by atoms with van der Waals surface area (Å²) in [6.45, 7) is 3.55. The highest BCUT2D eigenvalue weighted by Gasteiger charge is 2.38. The van der Waals surface area contributed by atoms with Gasteiger partial charge in [0, 0.05) is 31.8 Å². The molecular weight excluding hydrogens is 372 g/mol. The molecule has 4 rings (SSSR count). The second-order valence-electron chi connectivity index (χ2n) is 7.04. The summed E-state index contributed by atoms with van der Waals surface area (Å²) >= 11 is 0. The largest absolute Gasteiger partial charge is 0.337 e. The number of nitro groups is 1. The molecule has 0 radical (unpaired) electrons. The van der Waals surface area contributed by atoms with Gasteiger partial charge in [0.05, 0.1) is 16.8 Å². The molecule has 10 heteroatoms. The molecule has 1 aromatic carbocycles. The van der Waals surface area contributed by atoms with E-state index in [9.17, 15) is 14.9 Å². The van der Waals surface area contributed by atoms with Crippen molar-refractivity contribution in [1.82, 2.24) is 25.2 Å². The molecule has 1 N–H and O–H groups in total. The molecule has 2 aliphatic rings. The molecule has 2 fully saturated rings. The lowest BCUT2D eigenvalue weighted by molar-refractivity contribution is -0.384. The quantitative estimate of drug-likeness (QED) is 0.630. The summed E-state index contributed by atoms with van der Waals surface area (Å²) in [5.41, 5.74) is 1.08. The molecule has 1 aromatic heterocycles. The fourth-order valence-corrected chi connectivity index (χ4v) is 3.81. The second kappa shape index (κ2) is 7.61. The predicted octanol–water partition coefficient (Wildman–Crippen LogP) is 1.81. The number of hydrogen-bond donors (Lipinski definition) is 1. The van der Waals surface area contributed by atoms with Crippen LogP contribution in [0.2, 0.25) is 0 Å². The number of amides is 1. The number of nitrogens with zero attached hydrogens (tertiary/aromatic N) is 5. The summed E-state index contributed by atoms with van der Waals surface area (Å²) in [6.07, 6.45) is 4.72. The summed E-state index contributed by atoms with van der Waals surface area (Å²) in [5.74, 6) is -0.137. The second-order valence-corrected chi connectivity index (χ2v) is 7.04. The smallest absolute Gasteiger partial charge is 0.276 e. The van der Waals surface area contributed by atoms with Crippen molar-refractivity contribution in [2.24, 2.45) is 5.41 Å². The minimum absolute atomic E-state index is 0. The molecule has 27 heavy (non-hydrogen) atoms. The molecule has 2 saturated heterocycles. The maximum Gasteiger partial charge on any atom is 0.276 e. The Hall–Kier alpha value is -2.52. The van der Waals surface area contributed by atoms with E-state index in [1.165, 1.54) is 29.4 Å². The standard InChI is InChI=1S/C17H20N6O3.ClH/c24-16(21-8-5-17(6-9-21)4-7-18-12-17)15-11-22(20-19-15)13-2-1-3-14(10-13)23(25)26;/h1-3,10-11,18H,4-9,12H2;1H. The van der Waals surface area contributed by atoms with Crippen molar-refractivity contribution in [1.29, 1.82) is 0 Å². The van der Waals surface area contributed by atoms with Gasteiger partial charge in [-0.3, -0.25) is 14.9 Å². The van der Waals surface area contributed by atoms with Gasteiger partial charge in [-0.15, -0.1) is 17.5 Å². The first-order chi connectivity index (χ1) is 12.6. The number of nitro benzene ring substituents is 1. The first-order valence-corrected chi connectivity index (χ1v) is 8.74. The van der Waals surface area contributed by atoms with E-state index in [2.05, 4.69) is 15.6 Å². The Morgan fingerprint density at radius 2 is 2.04 bits per heavy atom. The van der Waals surface area contributed by atoms with E-state index in [0.717, 1.165) is 39.0 Å². The lowest BCUT2D eigenvalue weighted by Gasteiger charge is -2.38. The molecule has 0 saturated carbocycles. The Balaban J connectivity index is 0.00000210. The Morgan fingerprint density at radius 3 is 2.70 bits per heavy atom. The highest BCUT2D eigenvalue weighted by Crippen LogP contribution is 2.37. The number of aromatic nitrogens is 3. The molecule has 1 amide bonds. The summed E-state index contributed by atoms with van der Waals surface area (Å²) in [6, 6.07) is 6.08.